The topological polar surface area (TPSA) is 237 Å². The molecule has 0 saturated heterocycles. The van der Waals surface area contributed by atoms with Gasteiger partial charge in [-0.05, 0) is 43.4 Å². The van der Waals surface area contributed by atoms with Crippen LogP contribution in [0.15, 0.2) is 0 Å². The first-order chi connectivity index (χ1) is 46.7. The smallest absolute Gasteiger partial charge is 0.462 e. The zero-order chi connectivity index (χ0) is 71.6. The molecule has 0 amide bonds. The minimum absolute atomic E-state index is 0.105. The summed E-state index contributed by atoms with van der Waals surface area (Å²) in [5, 5.41) is 10.6. The predicted octanol–water partition coefficient (Wildman–Crippen LogP) is 23.0. The summed E-state index contributed by atoms with van der Waals surface area (Å²) >= 11 is 0. The summed E-state index contributed by atoms with van der Waals surface area (Å²) in [4.78, 5) is 72.9. The minimum atomic E-state index is -4.96. The number of rotatable bonds is 76. The molecule has 0 spiro atoms. The number of phosphoric acid groups is 2. The number of esters is 4. The Hall–Kier alpha value is -1.94. The fourth-order valence-corrected chi connectivity index (χ4v) is 13.5. The van der Waals surface area contributed by atoms with E-state index in [9.17, 15) is 43.2 Å². The molecule has 0 bridgehead atoms. The molecular formula is C78H152O17P2. The number of carbonyl (C=O) groups is 4. The van der Waals surface area contributed by atoms with Crippen LogP contribution in [0.4, 0.5) is 0 Å². The van der Waals surface area contributed by atoms with E-state index in [1.165, 1.54) is 212 Å². The molecule has 0 aliphatic carbocycles. The van der Waals surface area contributed by atoms with Gasteiger partial charge in [0.2, 0.25) is 0 Å². The average Bonchev–Trinajstić information content (AvgIpc) is 1.08. The van der Waals surface area contributed by atoms with Crippen molar-refractivity contribution >= 4 is 39.5 Å². The molecule has 0 radical (unpaired) electrons. The van der Waals surface area contributed by atoms with Gasteiger partial charge in [0, 0.05) is 25.7 Å². The lowest BCUT2D eigenvalue weighted by Gasteiger charge is -2.21. The van der Waals surface area contributed by atoms with Gasteiger partial charge in [-0.15, -0.1) is 0 Å². The molecule has 576 valence electrons. The van der Waals surface area contributed by atoms with Crippen LogP contribution in [0.1, 0.15) is 402 Å². The van der Waals surface area contributed by atoms with Gasteiger partial charge < -0.3 is 33.8 Å². The Morgan fingerprint density at radius 3 is 0.701 bits per heavy atom. The number of aliphatic hydroxyl groups excluding tert-OH is 1. The maximum Gasteiger partial charge on any atom is 0.472 e. The normalized spacial score (nSPS) is 14.0. The van der Waals surface area contributed by atoms with Gasteiger partial charge in [0.1, 0.15) is 19.3 Å². The van der Waals surface area contributed by atoms with Gasteiger partial charge in [0.25, 0.3) is 0 Å². The molecule has 19 heteroatoms. The molecule has 0 fully saturated rings. The molecule has 2 unspecified atom stereocenters. The average molecular weight is 1420 g/mol. The molecule has 5 atom stereocenters. The van der Waals surface area contributed by atoms with Crippen LogP contribution >= 0.6 is 15.6 Å². The maximum absolute atomic E-state index is 13.1. The Balaban J connectivity index is 5.25. The van der Waals surface area contributed by atoms with Crippen molar-refractivity contribution in [2.24, 2.45) is 17.8 Å². The third-order valence-corrected chi connectivity index (χ3v) is 20.0. The molecule has 0 aromatic rings. The van der Waals surface area contributed by atoms with Crippen LogP contribution in [-0.4, -0.2) is 96.7 Å². The third-order valence-electron chi connectivity index (χ3n) is 18.1. The van der Waals surface area contributed by atoms with Gasteiger partial charge in [0.05, 0.1) is 26.4 Å². The predicted molar refractivity (Wildman–Crippen MR) is 395 cm³/mol. The first kappa shape index (κ1) is 95.1. The molecular weight excluding hydrogens is 1270 g/mol. The standard InChI is InChI=1S/C78H152O17P2/c1-8-9-10-11-12-13-14-15-17-21-24-30-38-45-52-59-75(80)88-65-73(94-77(82)61-54-47-40-31-25-22-19-16-18-20-23-28-35-42-49-56-69(2)3)67-92-96(84,85)90-63-72(79)64-91-97(86,87)93-68-74(66-89-76(81)60-53-46-39-34-33-37-44-51-58-71(6)7)95-78(83)62-55-48-41-32-27-26-29-36-43-50-57-70(4)5/h69-74,79H,8-68H2,1-7H3,(H,84,85)(H,86,87)/t72-,73-,74-/m1/s1. The minimum Gasteiger partial charge on any atom is -0.462 e. The van der Waals surface area contributed by atoms with E-state index in [2.05, 4.69) is 48.5 Å². The summed E-state index contributed by atoms with van der Waals surface area (Å²) < 4.78 is 68.6. The molecule has 0 aliphatic rings. The van der Waals surface area contributed by atoms with Gasteiger partial charge in [-0.3, -0.25) is 37.3 Å². The summed E-state index contributed by atoms with van der Waals surface area (Å²) in [6, 6.07) is 0. The van der Waals surface area contributed by atoms with Crippen LogP contribution in [0, 0.1) is 17.8 Å². The molecule has 17 nitrogen and oxygen atoms in total. The number of hydrogen-bond donors (Lipinski definition) is 3. The summed E-state index contributed by atoms with van der Waals surface area (Å²) in [5.41, 5.74) is 0. The highest BCUT2D eigenvalue weighted by Crippen LogP contribution is 2.45. The summed E-state index contributed by atoms with van der Waals surface area (Å²) in [6.45, 7) is 11.9. The van der Waals surface area contributed by atoms with Crippen molar-refractivity contribution in [2.45, 2.75) is 420 Å². The van der Waals surface area contributed by atoms with Crippen molar-refractivity contribution < 1.29 is 80.2 Å². The Kier molecular flexibility index (Phi) is 67.1. The molecule has 97 heavy (non-hydrogen) atoms. The first-order valence-electron chi connectivity index (χ1n) is 40.3. The Labute approximate surface area is 594 Å². The van der Waals surface area contributed by atoms with Crippen LogP contribution in [0.5, 0.6) is 0 Å². The molecule has 0 aromatic heterocycles. The number of unbranched alkanes of at least 4 members (excludes halogenated alkanes) is 44. The second-order valence-corrected chi connectivity index (χ2v) is 32.4. The Morgan fingerprint density at radius 1 is 0.278 bits per heavy atom. The van der Waals surface area contributed by atoms with Crippen molar-refractivity contribution in [3.05, 3.63) is 0 Å². The number of ether oxygens (including phenoxy) is 4. The van der Waals surface area contributed by atoms with Crippen molar-refractivity contribution in [1.29, 1.82) is 0 Å². The van der Waals surface area contributed by atoms with Crippen LogP contribution in [0.3, 0.4) is 0 Å². The number of aliphatic hydroxyl groups is 1. The van der Waals surface area contributed by atoms with Crippen LogP contribution in [0.25, 0.3) is 0 Å². The summed E-state index contributed by atoms with van der Waals surface area (Å²) in [6.07, 6.45) is 55.5. The van der Waals surface area contributed by atoms with Crippen LogP contribution in [-0.2, 0) is 65.4 Å². The molecule has 0 aromatic carbocycles. The summed E-state index contributed by atoms with van der Waals surface area (Å²) in [7, 11) is -9.92. The highest BCUT2D eigenvalue weighted by atomic mass is 31.2. The Morgan fingerprint density at radius 2 is 0.474 bits per heavy atom. The molecule has 0 heterocycles. The highest BCUT2D eigenvalue weighted by molar-refractivity contribution is 7.47. The molecule has 0 rings (SSSR count). The van der Waals surface area contributed by atoms with E-state index in [4.69, 9.17) is 37.0 Å². The number of phosphoric ester groups is 2. The van der Waals surface area contributed by atoms with Gasteiger partial charge in [-0.1, -0.05) is 350 Å². The lowest BCUT2D eigenvalue weighted by atomic mass is 10.0. The number of hydrogen-bond acceptors (Lipinski definition) is 15. The monoisotopic (exact) mass is 1420 g/mol. The van der Waals surface area contributed by atoms with Gasteiger partial charge in [0.15, 0.2) is 12.2 Å². The van der Waals surface area contributed by atoms with E-state index in [1.807, 2.05) is 0 Å². The fourth-order valence-electron chi connectivity index (χ4n) is 12.0. The van der Waals surface area contributed by atoms with Crippen LogP contribution in [0.2, 0.25) is 0 Å². The number of carbonyl (C=O) groups excluding carboxylic acids is 4. The lowest BCUT2D eigenvalue weighted by Crippen LogP contribution is -2.30. The molecule has 3 N–H and O–H groups in total. The largest absolute Gasteiger partial charge is 0.472 e. The Bertz CT molecular complexity index is 1890. The van der Waals surface area contributed by atoms with E-state index in [-0.39, 0.29) is 25.7 Å². The second-order valence-electron chi connectivity index (χ2n) is 29.5. The quantitative estimate of drug-likeness (QED) is 0.0222. The highest BCUT2D eigenvalue weighted by Gasteiger charge is 2.30. The van der Waals surface area contributed by atoms with Gasteiger partial charge in [-0.25, -0.2) is 9.13 Å². The maximum atomic E-state index is 13.1. The van der Waals surface area contributed by atoms with E-state index < -0.39 is 97.5 Å². The van der Waals surface area contributed by atoms with Crippen molar-refractivity contribution in [3.8, 4) is 0 Å². The van der Waals surface area contributed by atoms with E-state index in [0.717, 1.165) is 108 Å². The van der Waals surface area contributed by atoms with Gasteiger partial charge in [-0.2, -0.15) is 0 Å². The van der Waals surface area contributed by atoms with Crippen molar-refractivity contribution in [2.75, 3.05) is 39.6 Å². The SMILES string of the molecule is CCCCCCCCCCCCCCCCCC(=O)OC[C@H](COP(=O)(O)OC[C@@H](O)COP(=O)(O)OC[C@@H](COC(=O)CCCCCCCCCCC(C)C)OC(=O)CCCCCCCCCCCCC(C)C)OC(=O)CCCCCCCCCCCCCCCCCC(C)C. The third kappa shape index (κ3) is 72.2. The molecule has 0 saturated carbocycles. The molecule has 0 aliphatic heterocycles. The fraction of sp³-hybridized carbons (Fsp3) is 0.949. The van der Waals surface area contributed by atoms with E-state index in [0.29, 0.717) is 25.7 Å². The first-order valence-corrected chi connectivity index (χ1v) is 43.3. The van der Waals surface area contributed by atoms with Crippen molar-refractivity contribution in [1.82, 2.24) is 0 Å². The lowest BCUT2D eigenvalue weighted by molar-refractivity contribution is -0.161. The van der Waals surface area contributed by atoms with E-state index >= 15 is 0 Å². The zero-order valence-electron chi connectivity index (χ0n) is 63.5. The van der Waals surface area contributed by atoms with E-state index in [1.54, 1.807) is 0 Å². The van der Waals surface area contributed by atoms with Crippen molar-refractivity contribution in [3.63, 3.8) is 0 Å². The zero-order valence-corrected chi connectivity index (χ0v) is 65.3. The summed E-state index contributed by atoms with van der Waals surface area (Å²) in [5.74, 6) is 0.166. The van der Waals surface area contributed by atoms with Crippen LogP contribution < -0.4 is 0 Å². The second kappa shape index (κ2) is 68.5. The van der Waals surface area contributed by atoms with Gasteiger partial charge >= 0.3 is 39.5 Å².